The second-order valence-electron chi connectivity index (χ2n) is 4.95. The van der Waals surface area contributed by atoms with Crippen LogP contribution < -0.4 is 11.1 Å². The molecule has 0 radical (unpaired) electrons. The van der Waals surface area contributed by atoms with Crippen LogP contribution in [-0.2, 0) is 0 Å². The molecule has 0 aliphatic heterocycles. The Balaban J connectivity index is 2.10. The van der Waals surface area contributed by atoms with Crippen molar-refractivity contribution < 1.29 is 0 Å². The highest BCUT2D eigenvalue weighted by Crippen LogP contribution is 2.30. The number of fused-ring (bicyclic) bond motifs is 1. The first kappa shape index (κ1) is 12.0. The van der Waals surface area contributed by atoms with E-state index < -0.39 is 0 Å². The summed E-state index contributed by atoms with van der Waals surface area (Å²) in [4.78, 5) is 13.0. The molecule has 2 atom stereocenters. The van der Waals surface area contributed by atoms with E-state index in [1.54, 1.807) is 0 Å². The predicted octanol–water partition coefficient (Wildman–Crippen LogP) is 1.98. The molecule has 1 aliphatic carbocycles. The smallest absolute Gasteiger partial charge is 0.224 e. The lowest BCUT2D eigenvalue weighted by Crippen LogP contribution is -2.08. The first-order chi connectivity index (χ1) is 9.19. The molecule has 2 heterocycles. The van der Waals surface area contributed by atoms with Crippen LogP contribution in [0.4, 0.5) is 11.8 Å². The molecule has 19 heavy (non-hydrogen) atoms. The quantitative estimate of drug-likeness (QED) is 0.823. The maximum Gasteiger partial charge on any atom is 0.224 e. The van der Waals surface area contributed by atoms with Crippen molar-refractivity contribution in [2.45, 2.75) is 26.3 Å². The van der Waals surface area contributed by atoms with Crippen LogP contribution in [0.3, 0.4) is 0 Å². The molecule has 100 valence electrons. The fourth-order valence-corrected chi connectivity index (χ4v) is 2.53. The fraction of sp³-hybridized carbons (Fsp3) is 0.462. The molecule has 0 amide bonds. The Kier molecular flexibility index (Phi) is 2.85. The summed E-state index contributed by atoms with van der Waals surface area (Å²) in [6, 6.07) is 0.309. The summed E-state index contributed by atoms with van der Waals surface area (Å²) < 4.78 is 2.08. The molecule has 0 saturated heterocycles. The summed E-state index contributed by atoms with van der Waals surface area (Å²) in [7, 11) is 0. The maximum absolute atomic E-state index is 5.79. The number of hydrogen-bond donors (Lipinski definition) is 2. The molecule has 0 bridgehead atoms. The topological polar surface area (TPSA) is 81.7 Å². The number of allylic oxidation sites excluding steroid dienone is 2. The van der Waals surface area contributed by atoms with E-state index in [1.807, 2.05) is 13.3 Å². The lowest BCUT2D eigenvalue weighted by molar-refractivity contribution is 0.536. The van der Waals surface area contributed by atoms with Gasteiger partial charge in [-0.3, -0.25) is 0 Å². The van der Waals surface area contributed by atoms with Crippen molar-refractivity contribution in [2.24, 2.45) is 5.92 Å². The van der Waals surface area contributed by atoms with Gasteiger partial charge in [-0.1, -0.05) is 19.1 Å². The Morgan fingerprint density at radius 3 is 2.95 bits per heavy atom. The van der Waals surface area contributed by atoms with Crippen LogP contribution in [0.2, 0.25) is 0 Å². The van der Waals surface area contributed by atoms with Crippen LogP contribution in [0, 0.1) is 5.92 Å². The minimum absolute atomic E-state index is 0.278. The monoisotopic (exact) mass is 258 g/mol. The third kappa shape index (κ3) is 2.03. The van der Waals surface area contributed by atoms with Crippen LogP contribution in [0.25, 0.3) is 11.2 Å². The molecule has 2 aromatic rings. The van der Waals surface area contributed by atoms with E-state index in [9.17, 15) is 0 Å². The lowest BCUT2D eigenvalue weighted by Gasteiger charge is -2.12. The Morgan fingerprint density at radius 1 is 1.42 bits per heavy atom. The van der Waals surface area contributed by atoms with Gasteiger partial charge in [-0.25, -0.2) is 4.98 Å². The molecular formula is C13H18N6. The number of aromatic nitrogens is 4. The summed E-state index contributed by atoms with van der Waals surface area (Å²) in [5, 5.41) is 3.18. The third-order valence-electron chi connectivity index (χ3n) is 3.42. The van der Waals surface area contributed by atoms with E-state index in [2.05, 4.69) is 43.9 Å². The highest BCUT2D eigenvalue weighted by Gasteiger charge is 2.21. The van der Waals surface area contributed by atoms with E-state index in [-0.39, 0.29) is 5.95 Å². The van der Waals surface area contributed by atoms with E-state index in [4.69, 9.17) is 5.73 Å². The van der Waals surface area contributed by atoms with E-state index in [0.717, 1.165) is 24.1 Å². The molecule has 0 unspecified atom stereocenters. The Labute approximate surface area is 111 Å². The Hall–Kier alpha value is -2.11. The summed E-state index contributed by atoms with van der Waals surface area (Å²) in [6.07, 6.45) is 7.34. The molecular weight excluding hydrogens is 240 g/mol. The lowest BCUT2D eigenvalue weighted by atomic mass is 10.1. The molecule has 0 spiro atoms. The Bertz CT molecular complexity index is 629. The van der Waals surface area contributed by atoms with Crippen LogP contribution in [-0.4, -0.2) is 26.1 Å². The van der Waals surface area contributed by atoms with Gasteiger partial charge in [-0.05, 0) is 19.3 Å². The van der Waals surface area contributed by atoms with Crippen LogP contribution in [0.5, 0.6) is 0 Å². The van der Waals surface area contributed by atoms with Crippen molar-refractivity contribution in [3.05, 3.63) is 18.5 Å². The molecule has 6 nitrogen and oxygen atoms in total. The number of nitrogens with zero attached hydrogens (tertiary/aromatic N) is 4. The average molecular weight is 258 g/mol. The normalized spacial score (nSPS) is 22.2. The SMILES string of the molecule is CCNc1nc(N)nc2c1ncn2[C@@H]1C=C[C@H](C)C1. The summed E-state index contributed by atoms with van der Waals surface area (Å²) >= 11 is 0. The number of nitrogens with one attached hydrogen (secondary N) is 1. The summed E-state index contributed by atoms with van der Waals surface area (Å²) in [6.45, 7) is 5.00. The highest BCUT2D eigenvalue weighted by atomic mass is 15.2. The zero-order valence-electron chi connectivity index (χ0n) is 11.2. The number of nitrogens with two attached hydrogens (primary N) is 1. The van der Waals surface area contributed by atoms with Crippen LogP contribution in [0.1, 0.15) is 26.3 Å². The maximum atomic E-state index is 5.79. The zero-order chi connectivity index (χ0) is 13.4. The number of imidazole rings is 1. The van der Waals surface area contributed by atoms with Gasteiger partial charge in [-0.15, -0.1) is 0 Å². The number of hydrogen-bond acceptors (Lipinski definition) is 5. The largest absolute Gasteiger partial charge is 0.368 e. The van der Waals surface area contributed by atoms with Gasteiger partial charge in [-0.2, -0.15) is 9.97 Å². The van der Waals surface area contributed by atoms with E-state index in [1.165, 1.54) is 0 Å². The predicted molar refractivity (Wildman–Crippen MR) is 75.9 cm³/mol. The van der Waals surface area contributed by atoms with Gasteiger partial charge in [0.15, 0.2) is 17.0 Å². The first-order valence-corrected chi connectivity index (χ1v) is 6.61. The average Bonchev–Trinajstić information content (AvgIpc) is 2.95. The first-order valence-electron chi connectivity index (χ1n) is 6.61. The zero-order valence-corrected chi connectivity index (χ0v) is 11.2. The van der Waals surface area contributed by atoms with Gasteiger partial charge < -0.3 is 15.6 Å². The summed E-state index contributed by atoms with van der Waals surface area (Å²) in [5.74, 6) is 1.58. The minimum Gasteiger partial charge on any atom is -0.368 e. The third-order valence-corrected chi connectivity index (χ3v) is 3.42. The number of anilines is 2. The van der Waals surface area contributed by atoms with Gasteiger partial charge >= 0.3 is 0 Å². The number of nitrogen functional groups attached to an aromatic ring is 1. The van der Waals surface area contributed by atoms with Gasteiger partial charge in [0.2, 0.25) is 5.95 Å². The van der Waals surface area contributed by atoms with Crippen molar-refractivity contribution >= 4 is 22.9 Å². The van der Waals surface area contributed by atoms with Crippen molar-refractivity contribution in [3.8, 4) is 0 Å². The molecule has 0 fully saturated rings. The van der Waals surface area contributed by atoms with Gasteiger partial charge in [0.05, 0.1) is 12.4 Å². The second kappa shape index (κ2) is 4.53. The molecule has 3 N–H and O–H groups in total. The fourth-order valence-electron chi connectivity index (χ4n) is 2.53. The van der Waals surface area contributed by atoms with Crippen molar-refractivity contribution in [1.29, 1.82) is 0 Å². The molecule has 6 heteroatoms. The molecule has 0 saturated carbocycles. The molecule has 0 aromatic carbocycles. The van der Waals surface area contributed by atoms with Gasteiger partial charge in [0, 0.05) is 6.54 Å². The Morgan fingerprint density at radius 2 is 2.26 bits per heavy atom. The summed E-state index contributed by atoms with van der Waals surface area (Å²) in [5.41, 5.74) is 7.37. The number of rotatable bonds is 3. The highest BCUT2D eigenvalue weighted by molar-refractivity contribution is 5.84. The van der Waals surface area contributed by atoms with Gasteiger partial charge in [0.25, 0.3) is 0 Å². The second-order valence-corrected chi connectivity index (χ2v) is 4.95. The van der Waals surface area contributed by atoms with Crippen LogP contribution >= 0.6 is 0 Å². The standard InChI is InChI=1S/C13H18N6/c1-3-15-11-10-12(18-13(14)17-11)19(7-16-10)9-5-4-8(2)6-9/h4-5,7-9H,3,6H2,1-2H3,(H3,14,15,17,18)/t8-,9+/m0/s1. The van der Waals surface area contributed by atoms with Crippen molar-refractivity contribution in [3.63, 3.8) is 0 Å². The van der Waals surface area contributed by atoms with Crippen molar-refractivity contribution in [2.75, 3.05) is 17.6 Å². The minimum atomic E-state index is 0.278. The van der Waals surface area contributed by atoms with Gasteiger partial charge in [0.1, 0.15) is 0 Å². The molecule has 3 rings (SSSR count). The molecule has 1 aliphatic rings. The van der Waals surface area contributed by atoms with E-state index >= 15 is 0 Å². The van der Waals surface area contributed by atoms with Crippen LogP contribution in [0.15, 0.2) is 18.5 Å². The van der Waals surface area contributed by atoms with Crippen molar-refractivity contribution in [1.82, 2.24) is 19.5 Å². The van der Waals surface area contributed by atoms with E-state index in [0.29, 0.717) is 17.8 Å². The molecule has 2 aromatic heterocycles.